The largest absolute Gasteiger partial charge is 0.496 e. The van der Waals surface area contributed by atoms with E-state index in [2.05, 4.69) is 5.32 Å². The second-order valence-corrected chi connectivity index (χ2v) is 5.52. The van der Waals surface area contributed by atoms with E-state index in [1.54, 1.807) is 26.2 Å². The molecule has 0 saturated carbocycles. The summed E-state index contributed by atoms with van der Waals surface area (Å²) in [5.41, 5.74) is 1.42. The molecule has 2 rings (SSSR count). The van der Waals surface area contributed by atoms with Crippen molar-refractivity contribution in [2.75, 3.05) is 12.4 Å². The molecule has 0 radical (unpaired) electrons. The number of nitrogens with one attached hydrogen (secondary N) is 1. The lowest BCUT2D eigenvalue weighted by Crippen LogP contribution is -2.14. The molecule has 0 saturated heterocycles. The number of anilines is 1. The molecule has 0 atom stereocenters. The van der Waals surface area contributed by atoms with E-state index in [1.165, 1.54) is 0 Å². The van der Waals surface area contributed by atoms with Crippen LogP contribution in [0.3, 0.4) is 0 Å². The molecule has 1 amide bonds. The summed E-state index contributed by atoms with van der Waals surface area (Å²) < 4.78 is 5.20. The molecule has 1 aromatic carbocycles. The normalized spacial score (nSPS) is 10.2. The summed E-state index contributed by atoms with van der Waals surface area (Å²) in [6.45, 7) is 1.70. The Balaban J connectivity index is 2.08. The number of ether oxygens (including phenoxy) is 1. The van der Waals surface area contributed by atoms with Gasteiger partial charge in [0.05, 0.1) is 18.5 Å². The lowest BCUT2D eigenvalue weighted by molar-refractivity contribution is -0.115. The Labute approximate surface area is 126 Å². The Morgan fingerprint density at radius 3 is 2.67 bits per heavy atom. The van der Waals surface area contributed by atoms with Crippen LogP contribution in [0.2, 0.25) is 0 Å². The van der Waals surface area contributed by atoms with Crippen molar-refractivity contribution in [3.8, 4) is 5.75 Å². The number of carboxylic acids is 1. The fourth-order valence-electron chi connectivity index (χ4n) is 1.96. The molecule has 5 nitrogen and oxygen atoms in total. The molecule has 1 aromatic heterocycles. The van der Waals surface area contributed by atoms with Crippen LogP contribution in [0.15, 0.2) is 30.3 Å². The minimum atomic E-state index is -0.984. The predicted octanol–water partition coefficient (Wildman–Crippen LogP) is 2.94. The molecule has 1 heterocycles. The quantitative estimate of drug-likeness (QED) is 0.890. The van der Waals surface area contributed by atoms with Crippen molar-refractivity contribution in [2.24, 2.45) is 0 Å². The van der Waals surface area contributed by atoms with Crippen LogP contribution in [0, 0.1) is 6.92 Å². The molecule has 0 aliphatic heterocycles. The van der Waals surface area contributed by atoms with Crippen molar-refractivity contribution in [3.05, 3.63) is 46.3 Å². The Morgan fingerprint density at radius 1 is 1.33 bits per heavy atom. The summed E-state index contributed by atoms with van der Waals surface area (Å²) >= 11 is 1.05. The molecule has 21 heavy (non-hydrogen) atoms. The maximum Gasteiger partial charge on any atom is 0.346 e. The van der Waals surface area contributed by atoms with Crippen molar-refractivity contribution >= 4 is 28.2 Å². The standard InChI is InChI=1S/C15H15NO4S/c1-9-7-13(21-14(9)15(18)19)16-12(17)8-10-5-3-4-6-11(10)20-2/h3-7H,8H2,1-2H3,(H,16,17)(H,18,19). The fraction of sp³-hybridized carbons (Fsp3) is 0.200. The number of carboxylic acid groups (broad SMARTS) is 1. The number of aromatic carboxylic acids is 1. The number of hydrogen-bond donors (Lipinski definition) is 2. The Bertz CT molecular complexity index is 678. The van der Waals surface area contributed by atoms with Crippen molar-refractivity contribution in [1.29, 1.82) is 0 Å². The highest BCUT2D eigenvalue weighted by atomic mass is 32.1. The van der Waals surface area contributed by atoms with Gasteiger partial charge in [0.2, 0.25) is 5.91 Å². The summed E-state index contributed by atoms with van der Waals surface area (Å²) in [7, 11) is 1.55. The van der Waals surface area contributed by atoms with Crippen molar-refractivity contribution in [2.45, 2.75) is 13.3 Å². The summed E-state index contributed by atoms with van der Waals surface area (Å²) in [5, 5.41) is 12.2. The van der Waals surface area contributed by atoms with Crippen molar-refractivity contribution in [3.63, 3.8) is 0 Å². The molecule has 0 fully saturated rings. The molecule has 0 spiro atoms. The smallest absolute Gasteiger partial charge is 0.346 e. The number of rotatable bonds is 5. The third kappa shape index (κ3) is 3.61. The van der Waals surface area contributed by atoms with Crippen molar-refractivity contribution in [1.82, 2.24) is 0 Å². The van der Waals surface area contributed by atoms with Crippen LogP contribution in [0.5, 0.6) is 5.75 Å². The number of aryl methyl sites for hydroxylation is 1. The SMILES string of the molecule is COc1ccccc1CC(=O)Nc1cc(C)c(C(=O)O)s1. The Hall–Kier alpha value is -2.34. The number of benzene rings is 1. The third-order valence-electron chi connectivity index (χ3n) is 2.92. The molecule has 0 bridgehead atoms. The number of para-hydroxylation sites is 1. The van der Waals surface area contributed by atoms with E-state index < -0.39 is 5.97 Å². The number of carbonyl (C=O) groups excluding carboxylic acids is 1. The van der Waals surface area contributed by atoms with E-state index in [9.17, 15) is 9.59 Å². The van der Waals surface area contributed by atoms with E-state index in [0.717, 1.165) is 16.9 Å². The second kappa shape index (κ2) is 6.41. The van der Waals surface area contributed by atoms with Crippen LogP contribution >= 0.6 is 11.3 Å². The minimum absolute atomic E-state index is 0.170. The van der Waals surface area contributed by atoms with Gasteiger partial charge in [0, 0.05) is 5.56 Å². The van der Waals surface area contributed by atoms with Crippen LogP contribution in [-0.2, 0) is 11.2 Å². The van der Waals surface area contributed by atoms with E-state index in [-0.39, 0.29) is 17.2 Å². The summed E-state index contributed by atoms with van der Waals surface area (Å²) in [4.78, 5) is 23.2. The first kappa shape index (κ1) is 15.1. The van der Waals surface area contributed by atoms with Gasteiger partial charge in [0.1, 0.15) is 10.6 Å². The predicted molar refractivity (Wildman–Crippen MR) is 81.3 cm³/mol. The van der Waals surface area contributed by atoms with Gasteiger partial charge >= 0.3 is 5.97 Å². The molecule has 0 aliphatic carbocycles. The maximum atomic E-state index is 12.0. The average molecular weight is 305 g/mol. The van der Waals surface area contributed by atoms with E-state index in [4.69, 9.17) is 9.84 Å². The number of carbonyl (C=O) groups is 2. The first-order valence-electron chi connectivity index (χ1n) is 6.26. The zero-order chi connectivity index (χ0) is 15.4. The molecule has 0 aliphatic rings. The molecule has 0 unspecified atom stereocenters. The number of hydrogen-bond acceptors (Lipinski definition) is 4. The van der Waals surface area contributed by atoms with Gasteiger partial charge in [-0.2, -0.15) is 0 Å². The van der Waals surface area contributed by atoms with Crippen LogP contribution in [0.4, 0.5) is 5.00 Å². The molecular formula is C15H15NO4S. The van der Waals surface area contributed by atoms with Gasteiger partial charge in [-0.3, -0.25) is 4.79 Å². The van der Waals surface area contributed by atoms with Gasteiger partial charge in [-0.15, -0.1) is 11.3 Å². The average Bonchev–Trinajstić information content (AvgIpc) is 2.80. The number of thiophene rings is 1. The van der Waals surface area contributed by atoms with Crippen molar-refractivity contribution < 1.29 is 19.4 Å². The van der Waals surface area contributed by atoms with Crippen LogP contribution in [-0.4, -0.2) is 24.1 Å². The highest BCUT2D eigenvalue weighted by molar-refractivity contribution is 7.18. The van der Waals surface area contributed by atoms with Gasteiger partial charge < -0.3 is 15.2 Å². The summed E-state index contributed by atoms with van der Waals surface area (Å²) in [5.74, 6) is -0.540. The van der Waals surface area contributed by atoms with Gasteiger partial charge in [-0.05, 0) is 24.6 Å². The molecule has 110 valence electrons. The molecule has 2 N–H and O–H groups in total. The monoisotopic (exact) mass is 305 g/mol. The topological polar surface area (TPSA) is 75.6 Å². The lowest BCUT2D eigenvalue weighted by atomic mass is 10.1. The summed E-state index contributed by atoms with van der Waals surface area (Å²) in [6, 6.07) is 8.94. The van der Waals surface area contributed by atoms with E-state index >= 15 is 0 Å². The number of amides is 1. The van der Waals surface area contributed by atoms with Gasteiger partial charge in [0.25, 0.3) is 0 Å². The van der Waals surface area contributed by atoms with Crippen LogP contribution in [0.25, 0.3) is 0 Å². The molecule has 6 heteroatoms. The van der Waals surface area contributed by atoms with E-state index in [0.29, 0.717) is 16.3 Å². The van der Waals surface area contributed by atoms with Crippen LogP contribution in [0.1, 0.15) is 20.8 Å². The molecular weight excluding hydrogens is 290 g/mol. The van der Waals surface area contributed by atoms with Crippen LogP contribution < -0.4 is 10.1 Å². The Kier molecular flexibility index (Phi) is 4.59. The fourth-order valence-corrected chi connectivity index (χ4v) is 2.89. The first-order valence-corrected chi connectivity index (χ1v) is 7.08. The zero-order valence-corrected chi connectivity index (χ0v) is 12.5. The highest BCUT2D eigenvalue weighted by Crippen LogP contribution is 2.27. The second-order valence-electron chi connectivity index (χ2n) is 4.46. The first-order chi connectivity index (χ1) is 10.0. The third-order valence-corrected chi connectivity index (χ3v) is 4.06. The van der Waals surface area contributed by atoms with E-state index in [1.807, 2.05) is 18.2 Å². The highest BCUT2D eigenvalue weighted by Gasteiger charge is 2.14. The lowest BCUT2D eigenvalue weighted by Gasteiger charge is -2.07. The number of methoxy groups -OCH3 is 1. The minimum Gasteiger partial charge on any atom is -0.496 e. The summed E-state index contributed by atoms with van der Waals surface area (Å²) in [6.07, 6.45) is 0.170. The zero-order valence-electron chi connectivity index (χ0n) is 11.7. The molecule has 2 aromatic rings. The Morgan fingerprint density at radius 2 is 2.05 bits per heavy atom. The van der Waals surface area contributed by atoms with Gasteiger partial charge in [0.15, 0.2) is 0 Å². The van der Waals surface area contributed by atoms with Gasteiger partial charge in [-0.1, -0.05) is 18.2 Å². The van der Waals surface area contributed by atoms with Gasteiger partial charge in [-0.25, -0.2) is 4.79 Å². The maximum absolute atomic E-state index is 12.0.